The number of nitroso groups, excluding NO2 is 1. The van der Waals surface area contributed by atoms with Crippen LogP contribution in [0.4, 0.5) is 0 Å². The average molecular weight is 166 g/mol. The lowest BCUT2D eigenvalue weighted by Crippen LogP contribution is -2.40. The van der Waals surface area contributed by atoms with Crippen molar-refractivity contribution in [3.05, 3.63) is 15.0 Å². The van der Waals surface area contributed by atoms with Crippen LogP contribution in [-0.2, 0) is 0 Å². The van der Waals surface area contributed by atoms with Crippen molar-refractivity contribution in [2.75, 3.05) is 6.50 Å². The van der Waals surface area contributed by atoms with Gasteiger partial charge in [0.15, 0.2) is 5.03 Å². The number of nitro groups is 1. The molecule has 0 aromatic heterocycles. The lowest BCUT2D eigenvalue weighted by Gasteiger charge is -2.08. The number of nitrogens with zero attached hydrogens (tertiary/aromatic N) is 3. The molecule has 8 heteroatoms. The summed E-state index contributed by atoms with van der Waals surface area (Å²) >= 11 is 0. The fourth-order valence-electron chi connectivity index (χ4n) is 0.251. The fraction of sp³-hybridized carbons (Fsp3) is 0.667. The molecule has 0 radical (unpaired) electrons. The summed E-state index contributed by atoms with van der Waals surface area (Å²) in [4.78, 5) is 20.1. The second kappa shape index (κ2) is 4.14. The smallest absolute Gasteiger partial charge is 0.263 e. The fourth-order valence-corrected chi connectivity index (χ4v) is 0.251. The highest BCUT2D eigenvalue weighted by molar-refractivity contribution is 5.74. The zero-order valence-corrected chi connectivity index (χ0v) is 5.07. The standard InChI is InChI=1S/C3H7N5O3/c1-2-7(6-9)3(4)5-8(10)11/h2H2,1H3,(H2,4,5)/i1D3,2D2. The molecule has 8 nitrogen and oxygen atoms in total. The van der Waals surface area contributed by atoms with Gasteiger partial charge in [-0.3, -0.25) is 5.41 Å². The highest BCUT2D eigenvalue weighted by Gasteiger charge is 2.11. The predicted molar refractivity (Wildman–Crippen MR) is 36.0 cm³/mol. The predicted octanol–water partition coefficient (Wildman–Crippen LogP) is -0.294. The van der Waals surface area contributed by atoms with Crippen LogP contribution in [0.25, 0.3) is 0 Å². The lowest BCUT2D eigenvalue weighted by atomic mass is 10.7. The highest BCUT2D eigenvalue weighted by Crippen LogP contribution is 1.86. The lowest BCUT2D eigenvalue weighted by molar-refractivity contribution is -0.526. The Kier molecular flexibility index (Phi) is 1.36. The summed E-state index contributed by atoms with van der Waals surface area (Å²) in [7, 11) is 0. The minimum absolute atomic E-state index is 0.469. The molecule has 0 saturated heterocycles. The molecule has 0 unspecified atom stereocenters. The molecule has 2 N–H and O–H groups in total. The van der Waals surface area contributed by atoms with E-state index in [1.807, 2.05) is 5.29 Å². The Bertz CT molecular complexity index is 315. The maximum absolute atomic E-state index is 10.2. The normalized spacial score (nSPS) is 17.6. The van der Waals surface area contributed by atoms with Gasteiger partial charge >= 0.3 is 0 Å². The van der Waals surface area contributed by atoms with Crippen LogP contribution in [0.1, 0.15) is 13.7 Å². The van der Waals surface area contributed by atoms with E-state index in [0.29, 0.717) is 0 Å². The van der Waals surface area contributed by atoms with Crippen LogP contribution in [-0.4, -0.2) is 22.5 Å². The molecule has 0 aliphatic heterocycles. The molecule has 0 rings (SSSR count). The molecular weight excluding hydrogens is 154 g/mol. The zero-order chi connectivity index (χ0) is 13.1. The molecule has 0 aromatic carbocycles. The van der Waals surface area contributed by atoms with Gasteiger partial charge in [0.1, 0.15) is 0 Å². The Morgan fingerprint density at radius 1 is 2.18 bits per heavy atom. The molecule has 11 heavy (non-hydrogen) atoms. The summed E-state index contributed by atoms with van der Waals surface area (Å²) in [6.45, 7) is -6.62. The van der Waals surface area contributed by atoms with Crippen molar-refractivity contribution in [2.24, 2.45) is 5.29 Å². The average Bonchev–Trinajstić information content (AvgIpc) is 2.00. The molecular formula is C3H7N5O3. The third-order valence-electron chi connectivity index (χ3n) is 0.597. The maximum Gasteiger partial charge on any atom is 0.277 e. The molecule has 0 atom stereocenters. The Morgan fingerprint density at radius 2 is 2.82 bits per heavy atom. The minimum Gasteiger partial charge on any atom is -0.263 e. The minimum atomic E-state index is -3.32. The second-order valence-corrected chi connectivity index (χ2v) is 1.22. The number of hydrazine groups is 1. The van der Waals surface area contributed by atoms with E-state index in [1.165, 1.54) is 0 Å². The van der Waals surface area contributed by atoms with Crippen molar-refractivity contribution < 1.29 is 11.9 Å². The molecule has 0 aliphatic rings. The van der Waals surface area contributed by atoms with Crippen molar-refractivity contribution in [1.82, 2.24) is 10.4 Å². The van der Waals surface area contributed by atoms with Crippen LogP contribution >= 0.6 is 0 Å². The van der Waals surface area contributed by atoms with E-state index in [9.17, 15) is 15.0 Å². The van der Waals surface area contributed by atoms with E-state index in [0.717, 1.165) is 5.43 Å². The van der Waals surface area contributed by atoms with Gasteiger partial charge in [-0.25, -0.2) is 10.1 Å². The summed E-state index contributed by atoms with van der Waals surface area (Å²) in [5, 5.41) is 17.0. The van der Waals surface area contributed by atoms with Crippen LogP contribution in [0, 0.1) is 20.4 Å². The Morgan fingerprint density at radius 3 is 3.18 bits per heavy atom. The van der Waals surface area contributed by atoms with E-state index < -0.39 is 29.3 Å². The van der Waals surface area contributed by atoms with Crippen LogP contribution in [0.15, 0.2) is 5.29 Å². The van der Waals surface area contributed by atoms with Crippen molar-refractivity contribution in [2.45, 2.75) is 6.85 Å². The van der Waals surface area contributed by atoms with Gasteiger partial charge < -0.3 is 0 Å². The van der Waals surface area contributed by atoms with E-state index in [1.54, 1.807) is 0 Å². The van der Waals surface area contributed by atoms with Gasteiger partial charge in [0.2, 0.25) is 0 Å². The summed E-state index contributed by atoms with van der Waals surface area (Å²) in [6, 6.07) is 0. The summed E-state index contributed by atoms with van der Waals surface area (Å²) in [5.74, 6) is -1.39. The van der Waals surface area contributed by atoms with Gasteiger partial charge in [-0.15, -0.1) is 4.91 Å². The van der Waals surface area contributed by atoms with Crippen LogP contribution in [0.3, 0.4) is 0 Å². The molecule has 0 aromatic rings. The Hall–Kier alpha value is -1.73. The van der Waals surface area contributed by atoms with E-state index in [2.05, 4.69) is 0 Å². The van der Waals surface area contributed by atoms with Crippen LogP contribution in [0.5, 0.6) is 0 Å². The first kappa shape index (κ1) is 3.60. The van der Waals surface area contributed by atoms with E-state index >= 15 is 0 Å². The number of hydrogen-bond donors (Lipinski definition) is 2. The monoisotopic (exact) mass is 166 g/mol. The third-order valence-corrected chi connectivity index (χ3v) is 0.597. The number of guanidine groups is 1. The van der Waals surface area contributed by atoms with Crippen molar-refractivity contribution in [3.8, 4) is 0 Å². The summed E-state index contributed by atoms with van der Waals surface area (Å²) in [6.07, 6.45) is 0. The van der Waals surface area contributed by atoms with Crippen molar-refractivity contribution in [3.63, 3.8) is 0 Å². The molecule has 0 heterocycles. The summed E-state index contributed by atoms with van der Waals surface area (Å²) < 4.78 is 34.4. The van der Waals surface area contributed by atoms with E-state index in [4.69, 9.17) is 12.3 Å². The molecule has 0 spiro atoms. The van der Waals surface area contributed by atoms with Gasteiger partial charge in [0.05, 0.1) is 8.03 Å². The first-order valence-corrected chi connectivity index (χ1v) is 2.17. The van der Waals surface area contributed by atoms with Crippen molar-refractivity contribution >= 4 is 5.96 Å². The number of rotatable bonds is 3. The zero-order valence-electron chi connectivity index (χ0n) is 10.1. The van der Waals surface area contributed by atoms with Gasteiger partial charge in [0, 0.05) is 10.6 Å². The quantitative estimate of drug-likeness (QED) is 0.196. The Balaban J connectivity index is 5.07. The van der Waals surface area contributed by atoms with E-state index in [-0.39, 0.29) is 0 Å². The second-order valence-electron chi connectivity index (χ2n) is 1.22. The molecule has 0 saturated carbocycles. The largest absolute Gasteiger partial charge is 0.277 e. The first-order chi connectivity index (χ1) is 7.04. The molecule has 0 amide bonds. The van der Waals surface area contributed by atoms with Crippen LogP contribution < -0.4 is 5.43 Å². The topological polar surface area (TPSA) is 112 Å². The number of nitrogens with one attached hydrogen (secondary N) is 2. The van der Waals surface area contributed by atoms with Crippen molar-refractivity contribution in [1.29, 1.82) is 5.41 Å². The van der Waals surface area contributed by atoms with Gasteiger partial charge in [-0.05, 0) is 6.85 Å². The highest BCUT2D eigenvalue weighted by atomic mass is 16.7. The molecule has 62 valence electrons. The van der Waals surface area contributed by atoms with Gasteiger partial charge in [-0.2, -0.15) is 5.01 Å². The molecule has 0 fully saturated rings. The maximum atomic E-state index is 10.2. The van der Waals surface area contributed by atoms with Gasteiger partial charge in [0.25, 0.3) is 5.96 Å². The Labute approximate surface area is 68.8 Å². The third kappa shape index (κ3) is 3.08. The summed E-state index contributed by atoms with van der Waals surface area (Å²) in [5.41, 5.74) is 1.12. The number of hydrogen-bond acceptors (Lipinski definition) is 5. The SMILES string of the molecule is [2H]C([2H])([2H])C([2H])([2H])N(N=O)C(=N)N[N+](=O)[O-]. The van der Waals surface area contributed by atoms with Gasteiger partial charge in [-0.1, -0.05) is 5.43 Å². The molecule has 0 aliphatic carbocycles. The first-order valence-electron chi connectivity index (χ1n) is 4.67. The van der Waals surface area contributed by atoms with Crippen LogP contribution in [0.2, 0.25) is 0 Å². The molecule has 0 bridgehead atoms.